The molecule has 1 fully saturated rings. The predicted molar refractivity (Wildman–Crippen MR) is 129 cm³/mol. The molecule has 32 heavy (non-hydrogen) atoms. The Morgan fingerprint density at radius 1 is 1.34 bits per heavy atom. The Balaban J connectivity index is 2.35. The SMILES string of the molecule is CC(C)N(C1CC=CC(C)C(C)(C)C(=O)N1CCN)[C@@H]1CCCN(C(=O)OC(C)(C)C)C1. The van der Waals surface area contributed by atoms with Crippen molar-refractivity contribution in [2.24, 2.45) is 17.1 Å². The van der Waals surface area contributed by atoms with Crippen molar-refractivity contribution in [3.8, 4) is 0 Å². The van der Waals surface area contributed by atoms with Crippen LogP contribution in [0.15, 0.2) is 12.2 Å². The van der Waals surface area contributed by atoms with Crippen molar-refractivity contribution < 1.29 is 14.3 Å². The molecular weight excluding hydrogens is 404 g/mol. The van der Waals surface area contributed by atoms with Gasteiger partial charge in [0.15, 0.2) is 0 Å². The normalized spacial score (nSPS) is 27.0. The van der Waals surface area contributed by atoms with E-state index < -0.39 is 11.0 Å². The van der Waals surface area contributed by atoms with Crippen molar-refractivity contribution in [2.45, 2.75) is 98.5 Å². The van der Waals surface area contributed by atoms with Crippen LogP contribution >= 0.6 is 0 Å². The topological polar surface area (TPSA) is 79.1 Å². The minimum atomic E-state index is -0.515. The maximum absolute atomic E-state index is 13.7. The van der Waals surface area contributed by atoms with Gasteiger partial charge in [-0.2, -0.15) is 0 Å². The highest BCUT2D eigenvalue weighted by Gasteiger charge is 2.43. The summed E-state index contributed by atoms with van der Waals surface area (Å²) in [5.41, 5.74) is 4.96. The van der Waals surface area contributed by atoms with E-state index in [1.54, 1.807) is 0 Å². The number of nitrogens with two attached hydrogens (primary N) is 1. The van der Waals surface area contributed by atoms with Crippen LogP contribution in [-0.2, 0) is 9.53 Å². The third kappa shape index (κ3) is 6.25. The second-order valence-corrected chi connectivity index (χ2v) is 11.2. The zero-order chi connectivity index (χ0) is 24.3. The van der Waals surface area contributed by atoms with E-state index >= 15 is 0 Å². The van der Waals surface area contributed by atoms with E-state index in [4.69, 9.17) is 10.5 Å². The molecule has 0 aromatic rings. The number of nitrogens with zero attached hydrogens (tertiary/aromatic N) is 3. The number of carbonyl (C=O) groups is 2. The van der Waals surface area contributed by atoms with Crippen LogP contribution in [0.3, 0.4) is 0 Å². The van der Waals surface area contributed by atoms with Gasteiger partial charge >= 0.3 is 6.09 Å². The Morgan fingerprint density at radius 3 is 2.56 bits per heavy atom. The molecule has 0 aromatic carbocycles. The summed E-state index contributed by atoms with van der Waals surface area (Å²) in [4.78, 5) is 32.7. The minimum Gasteiger partial charge on any atom is -0.444 e. The lowest BCUT2D eigenvalue weighted by molar-refractivity contribution is -0.152. The average Bonchev–Trinajstić information content (AvgIpc) is 2.68. The van der Waals surface area contributed by atoms with Gasteiger partial charge in [0.25, 0.3) is 0 Å². The first-order valence-electron chi connectivity index (χ1n) is 12.2. The molecule has 0 aromatic heterocycles. The van der Waals surface area contributed by atoms with Crippen molar-refractivity contribution in [3.05, 3.63) is 12.2 Å². The van der Waals surface area contributed by atoms with E-state index in [1.165, 1.54) is 0 Å². The molecule has 0 aliphatic carbocycles. The summed E-state index contributed by atoms with van der Waals surface area (Å²) in [5, 5.41) is 0. The average molecular weight is 451 g/mol. The summed E-state index contributed by atoms with van der Waals surface area (Å²) in [7, 11) is 0. The van der Waals surface area contributed by atoms with E-state index in [9.17, 15) is 9.59 Å². The van der Waals surface area contributed by atoms with Gasteiger partial charge in [-0.1, -0.05) is 32.9 Å². The smallest absolute Gasteiger partial charge is 0.410 e. The Bertz CT molecular complexity index is 683. The maximum atomic E-state index is 13.7. The molecule has 2 unspecified atom stereocenters. The van der Waals surface area contributed by atoms with E-state index in [0.29, 0.717) is 26.2 Å². The van der Waals surface area contributed by atoms with Crippen molar-refractivity contribution in [1.82, 2.24) is 14.7 Å². The molecule has 0 spiro atoms. The van der Waals surface area contributed by atoms with E-state index in [0.717, 1.165) is 19.3 Å². The van der Waals surface area contributed by atoms with Gasteiger partial charge in [0.05, 0.1) is 6.17 Å². The highest BCUT2D eigenvalue weighted by atomic mass is 16.6. The Morgan fingerprint density at radius 2 is 2.00 bits per heavy atom. The van der Waals surface area contributed by atoms with Crippen molar-refractivity contribution in [3.63, 3.8) is 0 Å². The second kappa shape index (κ2) is 10.6. The molecule has 2 N–H and O–H groups in total. The Kier molecular flexibility index (Phi) is 8.79. The summed E-state index contributed by atoms with van der Waals surface area (Å²) in [5.74, 6) is 0.302. The predicted octanol–water partition coefficient (Wildman–Crippen LogP) is 3.83. The van der Waals surface area contributed by atoms with Crippen molar-refractivity contribution in [2.75, 3.05) is 26.2 Å². The molecule has 0 radical (unpaired) electrons. The second-order valence-electron chi connectivity index (χ2n) is 11.2. The van der Waals surface area contributed by atoms with Crippen LogP contribution in [0.1, 0.15) is 74.7 Å². The fourth-order valence-corrected chi connectivity index (χ4v) is 4.84. The molecule has 2 amide bonds. The molecule has 1 saturated heterocycles. The standard InChI is InChI=1S/C25H46N4O3/c1-18(2)29(20-12-10-15-27(17-20)23(31)32-24(4,5)6)21-13-9-11-19(3)25(7,8)22(30)28(21)16-14-26/h9,11,18-21H,10,12-17,26H2,1-8H3/t19?,20-,21?/m1/s1. The summed E-state index contributed by atoms with van der Waals surface area (Å²) in [6, 6.07) is 0.368. The highest BCUT2D eigenvalue weighted by Crippen LogP contribution is 2.35. The van der Waals surface area contributed by atoms with Crippen LogP contribution < -0.4 is 5.73 Å². The molecule has 0 bridgehead atoms. The van der Waals surface area contributed by atoms with Gasteiger partial charge in [-0.3, -0.25) is 9.69 Å². The van der Waals surface area contributed by atoms with Crippen LogP contribution in [0.2, 0.25) is 0 Å². The van der Waals surface area contributed by atoms with Gasteiger partial charge in [-0.05, 0) is 59.8 Å². The first kappa shape index (κ1) is 26.7. The lowest BCUT2D eigenvalue weighted by Gasteiger charge is -2.50. The zero-order valence-corrected chi connectivity index (χ0v) is 21.6. The fourth-order valence-electron chi connectivity index (χ4n) is 4.84. The molecule has 3 atom stereocenters. The van der Waals surface area contributed by atoms with Crippen LogP contribution in [0.5, 0.6) is 0 Å². The molecule has 7 nitrogen and oxygen atoms in total. The Labute approximate surface area is 195 Å². The van der Waals surface area contributed by atoms with Gasteiger partial charge in [0, 0.05) is 43.7 Å². The van der Waals surface area contributed by atoms with Crippen LogP contribution in [0, 0.1) is 11.3 Å². The largest absolute Gasteiger partial charge is 0.444 e. The molecule has 7 heteroatoms. The van der Waals surface area contributed by atoms with Crippen LogP contribution in [0.4, 0.5) is 4.79 Å². The van der Waals surface area contributed by atoms with Crippen molar-refractivity contribution in [1.29, 1.82) is 0 Å². The lowest BCUT2D eigenvalue weighted by atomic mass is 9.77. The molecule has 0 saturated carbocycles. The molecule has 184 valence electrons. The van der Waals surface area contributed by atoms with Crippen LogP contribution in [0.25, 0.3) is 0 Å². The van der Waals surface area contributed by atoms with Crippen molar-refractivity contribution >= 4 is 12.0 Å². The summed E-state index contributed by atoms with van der Waals surface area (Å²) >= 11 is 0. The van der Waals surface area contributed by atoms with Gasteiger partial charge < -0.3 is 20.3 Å². The maximum Gasteiger partial charge on any atom is 0.410 e. The number of hydrogen-bond acceptors (Lipinski definition) is 5. The summed E-state index contributed by atoms with van der Waals surface area (Å²) < 4.78 is 5.64. The van der Waals surface area contributed by atoms with Gasteiger partial charge in [0.2, 0.25) is 5.91 Å². The van der Waals surface area contributed by atoms with Gasteiger partial charge in [-0.25, -0.2) is 4.79 Å². The number of piperidine rings is 1. The monoisotopic (exact) mass is 450 g/mol. The van der Waals surface area contributed by atoms with E-state index in [2.05, 4.69) is 37.8 Å². The highest BCUT2D eigenvalue weighted by molar-refractivity contribution is 5.83. The number of carbonyl (C=O) groups excluding carboxylic acids is 2. The Hall–Kier alpha value is -1.60. The third-order valence-corrected chi connectivity index (χ3v) is 6.86. The number of hydrogen-bond donors (Lipinski definition) is 1. The third-order valence-electron chi connectivity index (χ3n) is 6.86. The lowest BCUT2D eigenvalue weighted by Crippen LogP contribution is -2.63. The molecule has 2 heterocycles. The number of allylic oxidation sites excluding steroid dienone is 1. The zero-order valence-electron chi connectivity index (χ0n) is 21.6. The minimum absolute atomic E-state index is 0.0855. The molecule has 2 rings (SSSR count). The molecule has 2 aliphatic rings. The number of ether oxygens (including phenoxy) is 1. The van der Waals surface area contributed by atoms with Gasteiger partial charge in [-0.15, -0.1) is 0 Å². The van der Waals surface area contributed by atoms with Gasteiger partial charge in [0.1, 0.15) is 5.60 Å². The first-order chi connectivity index (χ1) is 14.8. The van der Waals surface area contributed by atoms with E-state index in [-0.39, 0.29) is 36.2 Å². The summed E-state index contributed by atoms with van der Waals surface area (Å²) in [6.07, 6.45) is 6.72. The fraction of sp³-hybridized carbons (Fsp3) is 0.840. The van der Waals surface area contributed by atoms with Crippen LogP contribution in [-0.4, -0.2) is 76.7 Å². The summed E-state index contributed by atoms with van der Waals surface area (Å²) in [6.45, 7) is 18.5. The molecule has 2 aliphatic heterocycles. The number of rotatable bonds is 5. The molecular formula is C25H46N4O3. The number of likely N-dealkylation sites (tertiary alicyclic amines) is 1. The quantitative estimate of drug-likeness (QED) is 0.644. The number of amides is 2. The first-order valence-corrected chi connectivity index (χ1v) is 12.2. The van der Waals surface area contributed by atoms with E-state index in [1.807, 2.05) is 44.4 Å².